The largest absolute Gasteiger partial charge is 0.423 e. The summed E-state index contributed by atoms with van der Waals surface area (Å²) in [5, 5.41) is 10.6. The van der Waals surface area contributed by atoms with Gasteiger partial charge in [0.15, 0.2) is 0 Å². The summed E-state index contributed by atoms with van der Waals surface area (Å²) in [7, 11) is 0. The number of ether oxygens (including phenoxy) is 1. The number of nitro benzene ring substituents is 1. The zero-order valence-electron chi connectivity index (χ0n) is 9.58. The molecule has 5 nitrogen and oxygen atoms in total. The van der Waals surface area contributed by atoms with E-state index in [9.17, 15) is 14.9 Å². The van der Waals surface area contributed by atoms with Crippen LogP contribution in [0.4, 0.5) is 5.69 Å². The molecule has 0 saturated carbocycles. The summed E-state index contributed by atoms with van der Waals surface area (Å²) < 4.78 is 6.08. The maximum absolute atomic E-state index is 11.9. The Hall–Kier alpha value is -1.96. The number of carbonyl (C=O) groups is 1. The van der Waals surface area contributed by atoms with Crippen LogP contribution in [-0.2, 0) is 0 Å². The van der Waals surface area contributed by atoms with Crippen LogP contribution in [0.2, 0.25) is 0 Å². The van der Waals surface area contributed by atoms with Gasteiger partial charge in [0, 0.05) is 15.7 Å². The molecule has 0 aliphatic carbocycles. The molecule has 2 rings (SSSR count). The van der Waals surface area contributed by atoms with E-state index in [0.717, 1.165) is 3.57 Å². The fraction of sp³-hybridized carbons (Fsp3) is 0. The number of non-ortho nitro benzene ring substituents is 1. The molecule has 0 atom stereocenters. The number of halogens is 1. The van der Waals surface area contributed by atoms with Crippen LogP contribution in [-0.4, -0.2) is 10.9 Å². The van der Waals surface area contributed by atoms with Crippen molar-refractivity contribution in [2.24, 2.45) is 0 Å². The fourth-order valence-corrected chi connectivity index (χ4v) is 1.96. The predicted octanol–water partition coefficient (Wildman–Crippen LogP) is 3.42. The van der Waals surface area contributed by atoms with Crippen LogP contribution in [0, 0.1) is 13.7 Å². The molecule has 2 aromatic carbocycles. The van der Waals surface area contributed by atoms with E-state index in [2.05, 4.69) is 22.6 Å². The van der Waals surface area contributed by atoms with Crippen LogP contribution in [0.3, 0.4) is 0 Å². The topological polar surface area (TPSA) is 69.4 Å². The molecule has 0 heterocycles. The summed E-state index contributed by atoms with van der Waals surface area (Å²) in [5.74, 6) is -0.214. The molecular formula is C13H8INO4. The van der Waals surface area contributed by atoms with Crippen molar-refractivity contribution in [2.45, 2.75) is 0 Å². The van der Waals surface area contributed by atoms with Crippen molar-refractivity contribution >= 4 is 34.2 Å². The first-order valence-corrected chi connectivity index (χ1v) is 6.36. The highest BCUT2D eigenvalue weighted by Crippen LogP contribution is 2.18. The number of benzene rings is 2. The van der Waals surface area contributed by atoms with Crippen LogP contribution in [0.15, 0.2) is 48.5 Å². The summed E-state index contributed by atoms with van der Waals surface area (Å²) in [5.41, 5.74) is 0.00477. The number of carbonyl (C=O) groups excluding carboxylic acids is 1. The molecule has 0 saturated heterocycles. The second-order valence-electron chi connectivity index (χ2n) is 3.65. The Bertz CT molecular complexity index is 642. The minimum Gasteiger partial charge on any atom is -0.423 e. The predicted molar refractivity (Wildman–Crippen MR) is 77.2 cm³/mol. The Morgan fingerprint density at radius 1 is 1.16 bits per heavy atom. The van der Waals surface area contributed by atoms with Crippen molar-refractivity contribution in [3.8, 4) is 5.75 Å². The number of hydrogen-bond donors (Lipinski definition) is 0. The Balaban J connectivity index is 2.20. The van der Waals surface area contributed by atoms with Crippen molar-refractivity contribution in [2.75, 3.05) is 0 Å². The van der Waals surface area contributed by atoms with Crippen LogP contribution in [0.25, 0.3) is 0 Å². The van der Waals surface area contributed by atoms with Gasteiger partial charge in [0.1, 0.15) is 5.75 Å². The lowest BCUT2D eigenvalue weighted by atomic mass is 10.2. The van der Waals surface area contributed by atoms with E-state index in [1.807, 2.05) is 6.07 Å². The molecule has 0 amide bonds. The molecule has 19 heavy (non-hydrogen) atoms. The smallest absolute Gasteiger partial charge is 0.343 e. The van der Waals surface area contributed by atoms with Gasteiger partial charge in [-0.3, -0.25) is 10.1 Å². The summed E-state index contributed by atoms with van der Waals surface area (Å²) in [6.45, 7) is 0. The minimum atomic E-state index is -0.620. The van der Waals surface area contributed by atoms with Gasteiger partial charge in [0.2, 0.25) is 0 Å². The molecule has 0 unspecified atom stereocenters. The third-order valence-corrected chi connectivity index (χ3v) is 2.97. The van der Waals surface area contributed by atoms with Gasteiger partial charge in [-0.1, -0.05) is 12.1 Å². The molecule has 0 aliphatic rings. The molecule has 0 bridgehead atoms. The van der Waals surface area contributed by atoms with Crippen LogP contribution in [0.5, 0.6) is 5.75 Å². The van der Waals surface area contributed by atoms with E-state index in [-0.39, 0.29) is 11.3 Å². The Morgan fingerprint density at radius 2 is 1.89 bits per heavy atom. The quantitative estimate of drug-likeness (QED) is 0.273. The molecule has 2 aromatic rings. The highest BCUT2D eigenvalue weighted by Gasteiger charge is 2.13. The van der Waals surface area contributed by atoms with Gasteiger partial charge in [-0.25, -0.2) is 4.79 Å². The highest BCUT2D eigenvalue weighted by molar-refractivity contribution is 14.1. The lowest BCUT2D eigenvalue weighted by Crippen LogP contribution is -2.08. The third kappa shape index (κ3) is 3.50. The average molecular weight is 369 g/mol. The molecule has 6 heteroatoms. The molecule has 96 valence electrons. The monoisotopic (exact) mass is 369 g/mol. The average Bonchev–Trinajstić information content (AvgIpc) is 2.39. The summed E-state index contributed by atoms with van der Waals surface area (Å²) >= 11 is 2.10. The molecule has 0 aromatic heterocycles. The number of rotatable bonds is 3. The number of esters is 1. The molecule has 0 N–H and O–H groups in total. The van der Waals surface area contributed by atoms with Crippen LogP contribution >= 0.6 is 22.6 Å². The molecule has 0 radical (unpaired) electrons. The van der Waals surface area contributed by atoms with Crippen molar-refractivity contribution in [3.05, 3.63) is 67.8 Å². The van der Waals surface area contributed by atoms with Crippen molar-refractivity contribution in [1.29, 1.82) is 0 Å². The highest BCUT2D eigenvalue weighted by atomic mass is 127. The van der Waals surface area contributed by atoms with Gasteiger partial charge in [0.25, 0.3) is 5.69 Å². The number of nitrogens with zero attached hydrogens (tertiary/aromatic N) is 1. The summed E-state index contributed by atoms with van der Waals surface area (Å²) in [6.07, 6.45) is 0. The molecule has 0 spiro atoms. The summed E-state index contributed by atoms with van der Waals surface area (Å²) in [6, 6.07) is 12.4. The van der Waals surface area contributed by atoms with E-state index in [1.54, 1.807) is 18.2 Å². The normalized spacial score (nSPS) is 9.95. The molecule has 0 aliphatic heterocycles. The Labute approximate surface area is 122 Å². The van der Waals surface area contributed by atoms with Gasteiger partial charge in [-0.05, 0) is 46.9 Å². The Kier molecular flexibility index (Phi) is 4.10. The fourth-order valence-electron chi connectivity index (χ4n) is 1.44. The van der Waals surface area contributed by atoms with E-state index in [1.165, 1.54) is 24.3 Å². The first-order chi connectivity index (χ1) is 9.06. The van der Waals surface area contributed by atoms with E-state index in [4.69, 9.17) is 4.74 Å². The number of nitro groups is 1. The first kappa shape index (κ1) is 13.5. The SMILES string of the molecule is O=C(Oc1cccc(I)c1)c1cccc([N+](=O)[O-])c1. The van der Waals surface area contributed by atoms with Gasteiger partial charge in [-0.2, -0.15) is 0 Å². The second-order valence-corrected chi connectivity index (χ2v) is 4.90. The number of hydrogen-bond acceptors (Lipinski definition) is 4. The van der Waals surface area contributed by atoms with Gasteiger partial charge in [-0.15, -0.1) is 0 Å². The summed E-state index contributed by atoms with van der Waals surface area (Å²) in [4.78, 5) is 21.9. The lowest BCUT2D eigenvalue weighted by Gasteiger charge is -2.04. The zero-order valence-corrected chi connectivity index (χ0v) is 11.7. The van der Waals surface area contributed by atoms with E-state index in [0.29, 0.717) is 5.75 Å². The third-order valence-electron chi connectivity index (χ3n) is 2.30. The van der Waals surface area contributed by atoms with Gasteiger partial charge in [0.05, 0.1) is 10.5 Å². The van der Waals surface area contributed by atoms with Crippen LogP contribution < -0.4 is 4.74 Å². The first-order valence-electron chi connectivity index (χ1n) is 5.28. The van der Waals surface area contributed by atoms with Gasteiger partial charge < -0.3 is 4.74 Å². The lowest BCUT2D eigenvalue weighted by molar-refractivity contribution is -0.384. The molecular weight excluding hydrogens is 361 g/mol. The maximum Gasteiger partial charge on any atom is 0.343 e. The standard InChI is InChI=1S/C13H8INO4/c14-10-4-2-6-12(8-10)19-13(16)9-3-1-5-11(7-9)15(17)18/h1-8H. The maximum atomic E-state index is 11.9. The Morgan fingerprint density at radius 3 is 2.58 bits per heavy atom. The molecule has 0 fully saturated rings. The second kappa shape index (κ2) is 5.79. The zero-order chi connectivity index (χ0) is 13.8. The van der Waals surface area contributed by atoms with Gasteiger partial charge >= 0.3 is 5.97 Å². The van der Waals surface area contributed by atoms with Crippen molar-refractivity contribution in [3.63, 3.8) is 0 Å². The van der Waals surface area contributed by atoms with E-state index < -0.39 is 10.9 Å². The van der Waals surface area contributed by atoms with Crippen molar-refractivity contribution < 1.29 is 14.5 Å². The minimum absolute atomic E-state index is 0.142. The van der Waals surface area contributed by atoms with Crippen molar-refractivity contribution in [1.82, 2.24) is 0 Å². The van der Waals surface area contributed by atoms with Crippen LogP contribution in [0.1, 0.15) is 10.4 Å². The van der Waals surface area contributed by atoms with E-state index >= 15 is 0 Å².